The summed E-state index contributed by atoms with van der Waals surface area (Å²) < 4.78 is 26.7. The largest absolute Gasteiger partial charge is 0.355 e. The molecule has 1 aliphatic rings. The molecule has 3 N–H and O–H groups in total. The Morgan fingerprint density at radius 1 is 1.33 bits per heavy atom. The number of amides is 2. The first kappa shape index (κ1) is 20.8. The second-order valence-electron chi connectivity index (χ2n) is 5.42. The van der Waals surface area contributed by atoms with Gasteiger partial charge in [-0.05, 0) is 40.9 Å². The van der Waals surface area contributed by atoms with Crippen LogP contribution in [-0.4, -0.2) is 42.9 Å². The Bertz CT molecular complexity index is 619. The summed E-state index contributed by atoms with van der Waals surface area (Å²) in [5.41, 5.74) is 5.40. The van der Waals surface area contributed by atoms with Crippen LogP contribution in [0.5, 0.6) is 0 Å². The normalized spacial score (nSPS) is 17.2. The van der Waals surface area contributed by atoms with E-state index in [9.17, 15) is 18.4 Å². The molecule has 2 amide bonds. The summed E-state index contributed by atoms with van der Waals surface area (Å²) >= 11 is 3.08. The highest BCUT2D eigenvalue weighted by Crippen LogP contribution is 2.25. The van der Waals surface area contributed by atoms with Crippen molar-refractivity contribution in [3.8, 4) is 0 Å². The molecule has 134 valence electrons. The van der Waals surface area contributed by atoms with Crippen LogP contribution in [-0.2, 0) is 4.79 Å². The van der Waals surface area contributed by atoms with Crippen LogP contribution in [0.1, 0.15) is 23.2 Å². The number of nitrogens with two attached hydrogens (primary N) is 1. The number of halogens is 4. The third kappa shape index (κ3) is 4.87. The Labute approximate surface area is 153 Å². The molecule has 0 aliphatic carbocycles. The van der Waals surface area contributed by atoms with Gasteiger partial charge in [-0.1, -0.05) is 0 Å². The van der Waals surface area contributed by atoms with Crippen LogP contribution >= 0.6 is 28.3 Å². The molecular formula is C15H19BrClF2N3O2. The van der Waals surface area contributed by atoms with Crippen molar-refractivity contribution < 1.29 is 18.4 Å². The third-order valence-corrected chi connectivity index (χ3v) is 4.42. The highest BCUT2D eigenvalue weighted by Gasteiger charge is 2.29. The first-order valence-electron chi connectivity index (χ1n) is 7.35. The van der Waals surface area contributed by atoms with Gasteiger partial charge in [0.05, 0.1) is 11.5 Å². The van der Waals surface area contributed by atoms with Gasteiger partial charge in [-0.25, -0.2) is 8.78 Å². The van der Waals surface area contributed by atoms with E-state index in [1.807, 2.05) is 0 Å². The smallest absolute Gasteiger partial charge is 0.255 e. The second kappa shape index (κ2) is 9.29. The summed E-state index contributed by atoms with van der Waals surface area (Å²) in [5, 5.41) is 2.71. The van der Waals surface area contributed by atoms with E-state index >= 15 is 0 Å². The number of hydrogen-bond donors (Lipinski definition) is 2. The van der Waals surface area contributed by atoms with E-state index in [0.29, 0.717) is 32.5 Å². The minimum absolute atomic E-state index is 0. The van der Waals surface area contributed by atoms with Crippen LogP contribution in [0.25, 0.3) is 0 Å². The number of carbonyl (C=O) groups excluding carboxylic acids is 2. The maximum absolute atomic E-state index is 13.4. The van der Waals surface area contributed by atoms with Crippen molar-refractivity contribution in [1.82, 2.24) is 10.2 Å². The molecule has 0 spiro atoms. The molecule has 0 bridgehead atoms. The summed E-state index contributed by atoms with van der Waals surface area (Å²) in [6, 6.07) is 1.80. The van der Waals surface area contributed by atoms with Gasteiger partial charge < -0.3 is 16.0 Å². The van der Waals surface area contributed by atoms with E-state index in [2.05, 4.69) is 21.2 Å². The molecule has 1 unspecified atom stereocenters. The van der Waals surface area contributed by atoms with Crippen LogP contribution in [0.15, 0.2) is 16.6 Å². The van der Waals surface area contributed by atoms with Gasteiger partial charge in [0.25, 0.3) is 5.91 Å². The predicted molar refractivity (Wildman–Crippen MR) is 92.0 cm³/mol. The van der Waals surface area contributed by atoms with Gasteiger partial charge in [-0.3, -0.25) is 9.59 Å². The van der Waals surface area contributed by atoms with Crippen molar-refractivity contribution >= 4 is 40.2 Å². The fourth-order valence-electron chi connectivity index (χ4n) is 2.57. The van der Waals surface area contributed by atoms with Gasteiger partial charge in [0.15, 0.2) is 11.6 Å². The average Bonchev–Trinajstić information content (AvgIpc) is 2.55. The van der Waals surface area contributed by atoms with Gasteiger partial charge in [-0.2, -0.15) is 0 Å². The van der Waals surface area contributed by atoms with E-state index in [-0.39, 0.29) is 40.8 Å². The first-order chi connectivity index (χ1) is 10.9. The zero-order valence-corrected chi connectivity index (χ0v) is 15.3. The number of rotatable bonds is 4. The Hall–Kier alpha value is -1.25. The maximum Gasteiger partial charge on any atom is 0.255 e. The number of hydrogen-bond acceptors (Lipinski definition) is 3. The average molecular weight is 427 g/mol. The highest BCUT2D eigenvalue weighted by atomic mass is 79.9. The summed E-state index contributed by atoms with van der Waals surface area (Å²) in [7, 11) is 0. The zero-order chi connectivity index (χ0) is 17.0. The fourth-order valence-corrected chi connectivity index (χ4v) is 3.06. The molecule has 24 heavy (non-hydrogen) atoms. The number of piperidine rings is 1. The SMILES string of the molecule is Cl.NCCNC(=O)C1CCCN(C(=O)c2cc(F)c(F)cc2Br)C1. The zero-order valence-electron chi connectivity index (χ0n) is 12.9. The van der Waals surface area contributed by atoms with Gasteiger partial charge in [0.1, 0.15) is 0 Å². The minimum Gasteiger partial charge on any atom is -0.355 e. The van der Waals surface area contributed by atoms with Gasteiger partial charge in [0, 0.05) is 30.7 Å². The molecule has 0 aromatic heterocycles. The fraction of sp³-hybridized carbons (Fsp3) is 0.467. The predicted octanol–water partition coefficient (Wildman–Crippen LogP) is 2.08. The minimum atomic E-state index is -1.08. The van der Waals surface area contributed by atoms with Crippen LogP contribution in [0.2, 0.25) is 0 Å². The molecule has 1 aromatic carbocycles. The monoisotopic (exact) mass is 425 g/mol. The van der Waals surface area contributed by atoms with Crippen molar-refractivity contribution in [3.05, 3.63) is 33.8 Å². The molecule has 1 heterocycles. The second-order valence-corrected chi connectivity index (χ2v) is 6.27. The van der Waals surface area contributed by atoms with E-state index in [0.717, 1.165) is 12.1 Å². The van der Waals surface area contributed by atoms with E-state index in [1.165, 1.54) is 4.90 Å². The number of nitrogens with zero attached hydrogens (tertiary/aromatic N) is 1. The van der Waals surface area contributed by atoms with Gasteiger partial charge >= 0.3 is 0 Å². The van der Waals surface area contributed by atoms with Crippen LogP contribution in [0.3, 0.4) is 0 Å². The van der Waals surface area contributed by atoms with Crippen LogP contribution in [0, 0.1) is 17.6 Å². The Morgan fingerprint density at radius 3 is 2.67 bits per heavy atom. The first-order valence-corrected chi connectivity index (χ1v) is 8.15. The lowest BCUT2D eigenvalue weighted by Gasteiger charge is -2.32. The maximum atomic E-state index is 13.4. The quantitative estimate of drug-likeness (QED) is 0.724. The molecule has 1 aliphatic heterocycles. The molecule has 0 radical (unpaired) electrons. The standard InChI is InChI=1S/C15H18BrF2N3O2.ClH/c16-11-7-13(18)12(17)6-10(11)15(23)21-5-1-2-9(8-21)14(22)20-4-3-19;/h6-7,9H,1-5,8,19H2,(H,20,22);1H. The Kier molecular flexibility index (Phi) is 8.05. The molecular weight excluding hydrogens is 408 g/mol. The van der Waals surface area contributed by atoms with E-state index < -0.39 is 17.5 Å². The van der Waals surface area contributed by atoms with Crippen molar-refractivity contribution in [2.45, 2.75) is 12.8 Å². The number of nitrogens with one attached hydrogen (secondary N) is 1. The number of likely N-dealkylation sites (tertiary alicyclic amines) is 1. The third-order valence-electron chi connectivity index (χ3n) is 3.76. The van der Waals surface area contributed by atoms with Crippen LogP contribution < -0.4 is 11.1 Å². The van der Waals surface area contributed by atoms with E-state index in [4.69, 9.17) is 5.73 Å². The lowest BCUT2D eigenvalue weighted by atomic mass is 9.96. The molecule has 5 nitrogen and oxygen atoms in total. The van der Waals surface area contributed by atoms with Crippen molar-refractivity contribution in [3.63, 3.8) is 0 Å². The molecule has 1 aromatic rings. The van der Waals surface area contributed by atoms with Crippen molar-refractivity contribution in [1.29, 1.82) is 0 Å². The summed E-state index contributed by atoms with van der Waals surface area (Å²) in [6.45, 7) is 1.46. The lowest BCUT2D eigenvalue weighted by Crippen LogP contribution is -2.46. The lowest BCUT2D eigenvalue weighted by molar-refractivity contribution is -0.126. The number of benzene rings is 1. The number of carbonyl (C=O) groups is 2. The highest BCUT2D eigenvalue weighted by molar-refractivity contribution is 9.10. The Balaban J connectivity index is 0.00000288. The topological polar surface area (TPSA) is 75.4 Å². The molecule has 1 saturated heterocycles. The molecule has 1 fully saturated rings. The summed E-state index contributed by atoms with van der Waals surface area (Å²) in [6.07, 6.45) is 1.35. The van der Waals surface area contributed by atoms with Gasteiger partial charge in [-0.15, -0.1) is 12.4 Å². The van der Waals surface area contributed by atoms with Crippen LogP contribution in [0.4, 0.5) is 8.78 Å². The molecule has 1 atom stereocenters. The van der Waals surface area contributed by atoms with Crippen molar-refractivity contribution in [2.24, 2.45) is 11.7 Å². The molecule has 0 saturated carbocycles. The van der Waals surface area contributed by atoms with Crippen molar-refractivity contribution in [2.75, 3.05) is 26.2 Å². The molecule has 2 rings (SSSR count). The molecule has 9 heteroatoms. The summed E-state index contributed by atoms with van der Waals surface area (Å²) in [4.78, 5) is 26.0. The van der Waals surface area contributed by atoms with E-state index in [1.54, 1.807) is 0 Å². The summed E-state index contributed by atoms with van der Waals surface area (Å²) in [5.74, 6) is -2.98. The Morgan fingerprint density at radius 2 is 2.00 bits per heavy atom. The van der Waals surface area contributed by atoms with Gasteiger partial charge in [0.2, 0.25) is 5.91 Å².